The molecule has 3 rings (SSSR count). The van der Waals surface area contributed by atoms with Gasteiger partial charge in [0.05, 0.1) is 19.3 Å². The smallest absolute Gasteiger partial charge is 0.119 e. The quantitative estimate of drug-likeness (QED) is 0.881. The Hall–Kier alpha value is -1.95. The molecule has 1 fully saturated rings. The van der Waals surface area contributed by atoms with E-state index in [2.05, 4.69) is 28.9 Å². The van der Waals surface area contributed by atoms with Gasteiger partial charge in [0.2, 0.25) is 0 Å². The summed E-state index contributed by atoms with van der Waals surface area (Å²) in [5.74, 6) is 0.860. The standard InChI is InChI=1S/C19H24N2O3/c1-15-13-23-19(12-22)11-21(15)10-16-2-4-18(5-3-16)24-14-17-6-8-20-9-7-17/h2-9,15,19,22H,10-14H2,1H3. The monoisotopic (exact) mass is 328 g/mol. The number of pyridine rings is 1. The van der Waals surface area contributed by atoms with Crippen molar-refractivity contribution in [3.8, 4) is 5.75 Å². The highest BCUT2D eigenvalue weighted by Gasteiger charge is 2.25. The predicted molar refractivity (Wildman–Crippen MR) is 91.7 cm³/mol. The van der Waals surface area contributed by atoms with E-state index < -0.39 is 0 Å². The van der Waals surface area contributed by atoms with Crippen molar-refractivity contribution in [3.63, 3.8) is 0 Å². The van der Waals surface area contributed by atoms with Crippen LogP contribution in [0, 0.1) is 0 Å². The van der Waals surface area contributed by atoms with Crippen LogP contribution in [0.15, 0.2) is 48.8 Å². The van der Waals surface area contributed by atoms with Crippen LogP contribution in [0.4, 0.5) is 0 Å². The van der Waals surface area contributed by atoms with Crippen LogP contribution in [0.3, 0.4) is 0 Å². The first kappa shape index (κ1) is 16.9. The van der Waals surface area contributed by atoms with E-state index >= 15 is 0 Å². The van der Waals surface area contributed by atoms with Crippen molar-refractivity contribution in [1.82, 2.24) is 9.88 Å². The summed E-state index contributed by atoms with van der Waals surface area (Å²) in [7, 11) is 0. The number of morpholine rings is 1. The highest BCUT2D eigenvalue weighted by Crippen LogP contribution is 2.18. The molecule has 0 amide bonds. The van der Waals surface area contributed by atoms with Gasteiger partial charge in [-0.2, -0.15) is 0 Å². The van der Waals surface area contributed by atoms with Crippen molar-refractivity contribution >= 4 is 0 Å². The summed E-state index contributed by atoms with van der Waals surface area (Å²) in [6.45, 7) is 5.05. The van der Waals surface area contributed by atoms with Crippen molar-refractivity contribution in [2.45, 2.75) is 32.2 Å². The van der Waals surface area contributed by atoms with Crippen LogP contribution >= 0.6 is 0 Å². The molecule has 0 saturated carbocycles. The van der Waals surface area contributed by atoms with Crippen LogP contribution in [0.25, 0.3) is 0 Å². The second-order valence-corrected chi connectivity index (χ2v) is 6.20. The van der Waals surface area contributed by atoms with Gasteiger partial charge in [0.1, 0.15) is 12.4 Å². The first-order chi connectivity index (χ1) is 11.7. The second-order valence-electron chi connectivity index (χ2n) is 6.20. The maximum Gasteiger partial charge on any atom is 0.119 e. The van der Waals surface area contributed by atoms with Gasteiger partial charge in [-0.15, -0.1) is 0 Å². The predicted octanol–water partition coefficient (Wildman–Crippen LogP) is 2.24. The van der Waals surface area contributed by atoms with Crippen molar-refractivity contribution in [2.75, 3.05) is 19.8 Å². The Balaban J connectivity index is 1.54. The Bertz CT molecular complexity index is 618. The molecule has 1 aliphatic heterocycles. The summed E-state index contributed by atoms with van der Waals surface area (Å²) in [4.78, 5) is 6.34. The molecular formula is C19H24N2O3. The van der Waals surface area contributed by atoms with Crippen molar-refractivity contribution in [3.05, 3.63) is 59.9 Å². The number of aliphatic hydroxyl groups is 1. The summed E-state index contributed by atoms with van der Waals surface area (Å²) >= 11 is 0. The van der Waals surface area contributed by atoms with Gasteiger partial charge in [-0.05, 0) is 42.3 Å². The number of rotatable bonds is 6. The van der Waals surface area contributed by atoms with Gasteiger partial charge in [0.15, 0.2) is 0 Å². The molecule has 24 heavy (non-hydrogen) atoms. The Labute approximate surface area is 142 Å². The SMILES string of the molecule is CC1COC(CO)CN1Cc1ccc(OCc2ccncc2)cc1. The second kappa shape index (κ2) is 8.24. The van der Waals surface area contributed by atoms with E-state index in [4.69, 9.17) is 9.47 Å². The van der Waals surface area contributed by atoms with Crippen molar-refractivity contribution in [2.24, 2.45) is 0 Å². The number of aliphatic hydroxyl groups excluding tert-OH is 1. The topological polar surface area (TPSA) is 54.8 Å². The summed E-state index contributed by atoms with van der Waals surface area (Å²) < 4.78 is 11.4. The lowest BCUT2D eigenvalue weighted by Gasteiger charge is -2.37. The summed E-state index contributed by atoms with van der Waals surface area (Å²) in [6.07, 6.45) is 3.46. The first-order valence-electron chi connectivity index (χ1n) is 8.32. The molecule has 2 unspecified atom stereocenters. The largest absolute Gasteiger partial charge is 0.489 e. The van der Waals surface area contributed by atoms with Crippen molar-refractivity contribution in [1.29, 1.82) is 0 Å². The Morgan fingerprint density at radius 3 is 2.62 bits per heavy atom. The molecule has 1 N–H and O–H groups in total. The van der Waals surface area contributed by atoms with Crippen LogP contribution in [0.1, 0.15) is 18.1 Å². The summed E-state index contributed by atoms with van der Waals surface area (Å²) in [5.41, 5.74) is 2.34. The van der Waals surface area contributed by atoms with Crippen LogP contribution in [-0.2, 0) is 17.9 Å². The van der Waals surface area contributed by atoms with E-state index in [0.717, 1.165) is 24.4 Å². The van der Waals surface area contributed by atoms with E-state index in [1.807, 2.05) is 24.3 Å². The van der Waals surface area contributed by atoms with E-state index in [1.54, 1.807) is 12.4 Å². The van der Waals surface area contributed by atoms with Crippen LogP contribution < -0.4 is 4.74 Å². The third-order valence-corrected chi connectivity index (χ3v) is 4.30. The number of aromatic nitrogens is 1. The zero-order valence-electron chi connectivity index (χ0n) is 14.0. The van der Waals surface area contributed by atoms with Gasteiger partial charge in [-0.3, -0.25) is 9.88 Å². The molecule has 1 aromatic heterocycles. The number of benzene rings is 1. The fourth-order valence-corrected chi connectivity index (χ4v) is 2.78. The van der Waals surface area contributed by atoms with E-state index in [-0.39, 0.29) is 12.7 Å². The van der Waals surface area contributed by atoms with Crippen LogP contribution in [0.5, 0.6) is 5.75 Å². The zero-order valence-corrected chi connectivity index (χ0v) is 14.0. The lowest BCUT2D eigenvalue weighted by Crippen LogP contribution is -2.48. The fraction of sp³-hybridized carbons (Fsp3) is 0.421. The Morgan fingerprint density at radius 2 is 1.92 bits per heavy atom. The maximum absolute atomic E-state index is 9.28. The Kier molecular flexibility index (Phi) is 5.80. The fourth-order valence-electron chi connectivity index (χ4n) is 2.78. The number of ether oxygens (including phenoxy) is 2. The zero-order chi connectivity index (χ0) is 16.8. The summed E-state index contributed by atoms with van der Waals surface area (Å²) in [6, 6.07) is 12.5. The number of hydrogen-bond donors (Lipinski definition) is 1. The minimum atomic E-state index is -0.0795. The van der Waals surface area contributed by atoms with Crippen LogP contribution in [0.2, 0.25) is 0 Å². The number of hydrogen-bond acceptors (Lipinski definition) is 5. The van der Waals surface area contributed by atoms with Gasteiger partial charge in [0, 0.05) is 31.5 Å². The van der Waals surface area contributed by atoms with E-state index in [0.29, 0.717) is 19.3 Å². The molecule has 0 bridgehead atoms. The highest BCUT2D eigenvalue weighted by molar-refractivity contribution is 5.27. The Morgan fingerprint density at radius 1 is 1.17 bits per heavy atom. The van der Waals surface area contributed by atoms with Gasteiger partial charge in [-0.25, -0.2) is 0 Å². The van der Waals surface area contributed by atoms with Crippen molar-refractivity contribution < 1.29 is 14.6 Å². The minimum Gasteiger partial charge on any atom is -0.489 e. The molecule has 2 aromatic rings. The maximum atomic E-state index is 9.28. The average Bonchev–Trinajstić information content (AvgIpc) is 2.64. The third-order valence-electron chi connectivity index (χ3n) is 4.30. The average molecular weight is 328 g/mol. The molecule has 128 valence electrons. The van der Waals surface area contributed by atoms with Gasteiger partial charge >= 0.3 is 0 Å². The first-order valence-corrected chi connectivity index (χ1v) is 8.32. The summed E-state index contributed by atoms with van der Waals surface area (Å²) in [5, 5.41) is 9.28. The molecule has 0 radical (unpaired) electrons. The highest BCUT2D eigenvalue weighted by atomic mass is 16.5. The van der Waals surface area contributed by atoms with E-state index in [1.165, 1.54) is 5.56 Å². The van der Waals surface area contributed by atoms with Crippen LogP contribution in [-0.4, -0.2) is 46.9 Å². The molecular weight excluding hydrogens is 304 g/mol. The number of nitrogens with zero attached hydrogens (tertiary/aromatic N) is 2. The molecule has 2 heterocycles. The van der Waals surface area contributed by atoms with Gasteiger partial charge in [-0.1, -0.05) is 12.1 Å². The lowest BCUT2D eigenvalue weighted by molar-refractivity contribution is -0.0805. The molecule has 1 aliphatic rings. The molecule has 2 atom stereocenters. The molecule has 0 spiro atoms. The molecule has 5 heteroatoms. The lowest BCUT2D eigenvalue weighted by atomic mass is 10.1. The van der Waals surface area contributed by atoms with Gasteiger partial charge in [0.25, 0.3) is 0 Å². The molecule has 0 aliphatic carbocycles. The third kappa shape index (κ3) is 4.54. The normalized spacial score (nSPS) is 21.6. The van der Waals surface area contributed by atoms with E-state index in [9.17, 15) is 5.11 Å². The minimum absolute atomic E-state index is 0.0744. The molecule has 1 aromatic carbocycles. The van der Waals surface area contributed by atoms with Gasteiger partial charge < -0.3 is 14.6 Å². The molecule has 5 nitrogen and oxygen atoms in total. The molecule has 1 saturated heterocycles.